The molecule has 0 aromatic rings. The van der Waals surface area contributed by atoms with Crippen LogP contribution in [0.2, 0.25) is 0 Å². The average molecular weight is 209 g/mol. The van der Waals surface area contributed by atoms with Crippen LogP contribution in [0.3, 0.4) is 0 Å². The molecular weight excluding hydrogens is 186 g/mol. The van der Waals surface area contributed by atoms with Gasteiger partial charge in [-0.25, -0.2) is 0 Å². The van der Waals surface area contributed by atoms with Gasteiger partial charge in [-0.3, -0.25) is 4.79 Å². The summed E-state index contributed by atoms with van der Waals surface area (Å²) in [5.74, 6) is 1.39. The normalized spacial score (nSPS) is 27.2. The van der Waals surface area contributed by atoms with Gasteiger partial charge in [0.1, 0.15) is 0 Å². The van der Waals surface area contributed by atoms with Gasteiger partial charge in [-0.1, -0.05) is 32.8 Å². The lowest BCUT2D eigenvalue weighted by molar-refractivity contribution is -0.117. The van der Waals surface area contributed by atoms with Gasteiger partial charge < -0.3 is 5.32 Å². The maximum absolute atomic E-state index is 11.5. The molecule has 0 radical (unpaired) electrons. The molecule has 0 bridgehead atoms. The zero-order chi connectivity index (χ0) is 11.3. The van der Waals surface area contributed by atoms with Gasteiger partial charge in [0.15, 0.2) is 0 Å². The number of allylic oxidation sites excluding steroid dienone is 1. The molecule has 0 aromatic carbocycles. The van der Waals surface area contributed by atoms with E-state index in [1.165, 1.54) is 19.3 Å². The second kappa shape index (κ2) is 5.94. The van der Waals surface area contributed by atoms with Crippen molar-refractivity contribution >= 4 is 5.91 Å². The lowest BCUT2D eigenvalue weighted by Crippen LogP contribution is -2.43. The lowest BCUT2D eigenvalue weighted by atomic mass is 9.78. The minimum Gasteiger partial charge on any atom is -0.350 e. The molecule has 1 aliphatic rings. The Bertz CT molecular complexity index is 233. The Kier molecular flexibility index (Phi) is 4.86. The van der Waals surface area contributed by atoms with Crippen molar-refractivity contribution in [2.75, 3.05) is 0 Å². The van der Waals surface area contributed by atoms with Gasteiger partial charge in [-0.05, 0) is 37.7 Å². The highest BCUT2D eigenvalue weighted by molar-refractivity contribution is 5.87. The Hall–Kier alpha value is -0.790. The number of rotatable bonds is 3. The Morgan fingerprint density at radius 3 is 2.60 bits per heavy atom. The number of hydrogen-bond acceptors (Lipinski definition) is 1. The summed E-state index contributed by atoms with van der Waals surface area (Å²) >= 11 is 0. The van der Waals surface area contributed by atoms with Crippen molar-refractivity contribution in [2.45, 2.75) is 52.5 Å². The molecule has 1 N–H and O–H groups in total. The first-order valence-corrected chi connectivity index (χ1v) is 6.08. The van der Waals surface area contributed by atoms with Crippen molar-refractivity contribution in [1.29, 1.82) is 0 Å². The Labute approximate surface area is 93.1 Å². The molecule has 0 heterocycles. The second-order valence-electron chi connectivity index (χ2n) is 4.81. The fourth-order valence-electron chi connectivity index (χ4n) is 2.52. The number of hydrogen-bond donors (Lipinski definition) is 1. The summed E-state index contributed by atoms with van der Waals surface area (Å²) in [6.07, 6.45) is 8.39. The predicted octanol–water partition coefficient (Wildman–Crippen LogP) is 2.89. The number of carbonyl (C=O) groups excluding carboxylic acids is 1. The van der Waals surface area contributed by atoms with Crippen LogP contribution in [0, 0.1) is 11.8 Å². The van der Waals surface area contributed by atoms with Crippen LogP contribution in [0.5, 0.6) is 0 Å². The standard InChI is InChI=1S/C13H23NO/c1-4-7-13(15)14-12-9-6-5-8-11(12)10(2)3/h4,7,10-12H,5-6,8-9H2,1-3H3,(H,14,15)/b7-4+. The molecule has 2 heteroatoms. The Morgan fingerprint density at radius 1 is 1.33 bits per heavy atom. The van der Waals surface area contributed by atoms with Gasteiger partial charge in [0, 0.05) is 6.04 Å². The van der Waals surface area contributed by atoms with Crippen LogP contribution in [-0.2, 0) is 4.79 Å². The molecule has 1 saturated carbocycles. The van der Waals surface area contributed by atoms with Crippen LogP contribution >= 0.6 is 0 Å². The van der Waals surface area contributed by atoms with Crippen molar-refractivity contribution < 1.29 is 4.79 Å². The van der Waals surface area contributed by atoms with Crippen molar-refractivity contribution in [1.82, 2.24) is 5.32 Å². The van der Waals surface area contributed by atoms with Gasteiger partial charge in [0.25, 0.3) is 0 Å². The fraction of sp³-hybridized carbons (Fsp3) is 0.769. The summed E-state index contributed by atoms with van der Waals surface area (Å²) in [7, 11) is 0. The molecule has 0 aromatic heterocycles. The van der Waals surface area contributed by atoms with Crippen LogP contribution in [0.25, 0.3) is 0 Å². The van der Waals surface area contributed by atoms with Crippen LogP contribution in [0.4, 0.5) is 0 Å². The summed E-state index contributed by atoms with van der Waals surface area (Å²) in [5.41, 5.74) is 0. The van der Waals surface area contributed by atoms with E-state index in [-0.39, 0.29) is 5.91 Å². The van der Waals surface area contributed by atoms with E-state index in [0.717, 1.165) is 6.42 Å². The zero-order valence-electron chi connectivity index (χ0n) is 10.1. The quantitative estimate of drug-likeness (QED) is 0.711. The van der Waals surface area contributed by atoms with Crippen LogP contribution in [0.15, 0.2) is 12.2 Å². The monoisotopic (exact) mass is 209 g/mol. The summed E-state index contributed by atoms with van der Waals surface area (Å²) in [6, 6.07) is 0.391. The Balaban J connectivity index is 2.53. The van der Waals surface area contributed by atoms with Crippen LogP contribution in [-0.4, -0.2) is 11.9 Å². The van der Waals surface area contributed by atoms with Crippen molar-refractivity contribution in [3.63, 3.8) is 0 Å². The molecule has 1 fully saturated rings. The smallest absolute Gasteiger partial charge is 0.243 e. The highest BCUT2D eigenvalue weighted by Crippen LogP contribution is 2.30. The number of nitrogens with one attached hydrogen (secondary N) is 1. The van der Waals surface area contributed by atoms with Crippen molar-refractivity contribution in [3.8, 4) is 0 Å². The van der Waals surface area contributed by atoms with E-state index < -0.39 is 0 Å². The molecule has 0 aliphatic heterocycles. The average Bonchev–Trinajstić information content (AvgIpc) is 2.18. The molecule has 86 valence electrons. The van der Waals surface area contributed by atoms with E-state index in [1.807, 2.05) is 6.92 Å². The van der Waals surface area contributed by atoms with E-state index in [4.69, 9.17) is 0 Å². The lowest BCUT2D eigenvalue weighted by Gasteiger charge is -2.34. The third kappa shape index (κ3) is 3.69. The Morgan fingerprint density at radius 2 is 2.00 bits per heavy atom. The van der Waals surface area contributed by atoms with E-state index in [2.05, 4.69) is 19.2 Å². The first kappa shape index (κ1) is 12.3. The van der Waals surface area contributed by atoms with Gasteiger partial charge >= 0.3 is 0 Å². The van der Waals surface area contributed by atoms with Gasteiger partial charge in [0.2, 0.25) is 5.91 Å². The first-order chi connectivity index (χ1) is 7.15. The summed E-state index contributed by atoms with van der Waals surface area (Å²) in [4.78, 5) is 11.5. The molecule has 1 amide bonds. The third-order valence-corrected chi connectivity index (χ3v) is 3.32. The molecule has 15 heavy (non-hydrogen) atoms. The maximum atomic E-state index is 11.5. The molecule has 2 atom stereocenters. The van der Waals surface area contributed by atoms with Gasteiger partial charge in [0.05, 0.1) is 0 Å². The minimum absolute atomic E-state index is 0.0649. The van der Waals surface area contributed by atoms with E-state index in [9.17, 15) is 4.79 Å². The van der Waals surface area contributed by atoms with Crippen LogP contribution < -0.4 is 5.32 Å². The van der Waals surface area contributed by atoms with Crippen molar-refractivity contribution in [2.24, 2.45) is 11.8 Å². The van der Waals surface area contributed by atoms with E-state index >= 15 is 0 Å². The third-order valence-electron chi connectivity index (χ3n) is 3.32. The van der Waals surface area contributed by atoms with Gasteiger partial charge in [-0.15, -0.1) is 0 Å². The van der Waals surface area contributed by atoms with Crippen LogP contribution in [0.1, 0.15) is 46.5 Å². The molecule has 1 aliphatic carbocycles. The topological polar surface area (TPSA) is 29.1 Å². The molecule has 2 nitrogen and oxygen atoms in total. The highest BCUT2D eigenvalue weighted by Gasteiger charge is 2.27. The molecule has 2 unspecified atom stereocenters. The maximum Gasteiger partial charge on any atom is 0.243 e. The molecule has 0 spiro atoms. The molecular formula is C13H23NO. The highest BCUT2D eigenvalue weighted by atomic mass is 16.1. The van der Waals surface area contributed by atoms with Crippen molar-refractivity contribution in [3.05, 3.63) is 12.2 Å². The predicted molar refractivity (Wildman–Crippen MR) is 63.5 cm³/mol. The van der Waals surface area contributed by atoms with E-state index in [0.29, 0.717) is 17.9 Å². The largest absolute Gasteiger partial charge is 0.350 e. The fourth-order valence-corrected chi connectivity index (χ4v) is 2.52. The van der Waals surface area contributed by atoms with E-state index in [1.54, 1.807) is 12.2 Å². The SMILES string of the molecule is C/C=C/C(=O)NC1CCCCC1C(C)C. The number of carbonyl (C=O) groups is 1. The molecule has 1 rings (SSSR count). The summed E-state index contributed by atoms with van der Waals surface area (Å²) in [5, 5.41) is 3.13. The second-order valence-corrected chi connectivity index (χ2v) is 4.81. The zero-order valence-corrected chi connectivity index (χ0v) is 10.1. The summed E-state index contributed by atoms with van der Waals surface area (Å²) < 4.78 is 0. The first-order valence-electron chi connectivity index (χ1n) is 6.08. The van der Waals surface area contributed by atoms with Gasteiger partial charge in [-0.2, -0.15) is 0 Å². The number of amides is 1. The summed E-state index contributed by atoms with van der Waals surface area (Å²) in [6.45, 7) is 6.38. The minimum atomic E-state index is 0.0649. The molecule has 0 saturated heterocycles.